The van der Waals surface area contributed by atoms with E-state index in [1.54, 1.807) is 18.2 Å². The molecule has 5 heteroatoms. The first-order chi connectivity index (χ1) is 10.7. The maximum atomic E-state index is 13.2. The second kappa shape index (κ2) is 8.02. The maximum absolute atomic E-state index is 13.2. The van der Waals surface area contributed by atoms with Crippen LogP contribution in [0.15, 0.2) is 48.5 Å². The highest BCUT2D eigenvalue weighted by Crippen LogP contribution is 2.29. The number of hydrogen-bond acceptors (Lipinski definition) is 3. The van der Waals surface area contributed by atoms with Crippen molar-refractivity contribution in [2.45, 2.75) is 13.3 Å². The predicted molar refractivity (Wildman–Crippen MR) is 84.7 cm³/mol. The van der Waals surface area contributed by atoms with Crippen molar-refractivity contribution in [3.05, 3.63) is 54.3 Å². The summed E-state index contributed by atoms with van der Waals surface area (Å²) >= 11 is 0. The minimum atomic E-state index is -0.359. The van der Waals surface area contributed by atoms with Crippen LogP contribution in [0, 0.1) is 5.82 Å². The molecule has 2 aromatic carbocycles. The van der Waals surface area contributed by atoms with Gasteiger partial charge in [-0.2, -0.15) is 0 Å². The summed E-state index contributed by atoms with van der Waals surface area (Å²) in [5.41, 5.74) is 0.679. The number of amides is 1. The number of carbonyl (C=O) groups excluding carboxylic acids is 1. The van der Waals surface area contributed by atoms with Crippen LogP contribution >= 0.6 is 0 Å². The van der Waals surface area contributed by atoms with Crippen LogP contribution in [0.2, 0.25) is 0 Å². The van der Waals surface area contributed by atoms with Crippen LogP contribution in [0.5, 0.6) is 11.5 Å². The van der Waals surface area contributed by atoms with Crippen molar-refractivity contribution in [2.75, 3.05) is 18.4 Å². The van der Waals surface area contributed by atoms with Gasteiger partial charge >= 0.3 is 0 Å². The first-order valence-corrected chi connectivity index (χ1v) is 7.22. The topological polar surface area (TPSA) is 50.4 Å². The summed E-state index contributed by atoms with van der Waals surface area (Å²) < 4.78 is 18.9. The van der Waals surface area contributed by atoms with E-state index in [1.165, 1.54) is 12.1 Å². The van der Waals surface area contributed by atoms with Gasteiger partial charge in [0.05, 0.1) is 12.2 Å². The summed E-state index contributed by atoms with van der Waals surface area (Å²) in [6, 6.07) is 13.1. The Hall–Kier alpha value is -2.56. The first kappa shape index (κ1) is 15.8. The van der Waals surface area contributed by atoms with Crippen molar-refractivity contribution in [3.8, 4) is 11.5 Å². The fraction of sp³-hybridized carbons (Fsp3) is 0.235. The smallest absolute Gasteiger partial charge is 0.239 e. The van der Waals surface area contributed by atoms with Gasteiger partial charge in [0.2, 0.25) is 5.91 Å². The van der Waals surface area contributed by atoms with Gasteiger partial charge in [-0.15, -0.1) is 0 Å². The van der Waals surface area contributed by atoms with E-state index in [-0.39, 0.29) is 18.3 Å². The molecule has 0 aliphatic rings. The van der Waals surface area contributed by atoms with E-state index in [2.05, 4.69) is 10.6 Å². The Morgan fingerprint density at radius 2 is 2.00 bits per heavy atom. The molecule has 0 saturated heterocycles. The normalized spacial score (nSPS) is 10.1. The molecule has 2 aromatic rings. The monoisotopic (exact) mass is 302 g/mol. The number of para-hydroxylation sites is 2. The zero-order valence-corrected chi connectivity index (χ0v) is 12.4. The fourth-order valence-electron chi connectivity index (χ4n) is 1.86. The number of nitrogens with one attached hydrogen (secondary N) is 2. The van der Waals surface area contributed by atoms with E-state index in [0.717, 1.165) is 6.42 Å². The molecule has 2 rings (SSSR count). The molecule has 0 unspecified atom stereocenters. The van der Waals surface area contributed by atoms with Crippen LogP contribution in [0.4, 0.5) is 10.1 Å². The minimum Gasteiger partial charge on any atom is -0.455 e. The number of ether oxygens (including phenoxy) is 1. The van der Waals surface area contributed by atoms with Crippen LogP contribution in [-0.2, 0) is 4.79 Å². The summed E-state index contributed by atoms with van der Waals surface area (Å²) in [4.78, 5) is 11.6. The zero-order chi connectivity index (χ0) is 15.8. The van der Waals surface area contributed by atoms with E-state index < -0.39 is 0 Å². The molecular formula is C17H19FN2O2. The number of benzene rings is 2. The van der Waals surface area contributed by atoms with Gasteiger partial charge < -0.3 is 15.4 Å². The van der Waals surface area contributed by atoms with E-state index in [1.807, 2.05) is 25.1 Å². The summed E-state index contributed by atoms with van der Waals surface area (Å²) in [6.45, 7) is 2.81. The molecule has 1 amide bonds. The highest BCUT2D eigenvalue weighted by molar-refractivity contribution is 5.81. The van der Waals surface area contributed by atoms with Gasteiger partial charge in [-0.1, -0.05) is 25.1 Å². The lowest BCUT2D eigenvalue weighted by Crippen LogP contribution is -2.30. The van der Waals surface area contributed by atoms with Crippen molar-refractivity contribution in [1.29, 1.82) is 0 Å². The summed E-state index contributed by atoms with van der Waals surface area (Å²) in [5.74, 6) is 0.505. The van der Waals surface area contributed by atoms with E-state index in [9.17, 15) is 9.18 Å². The molecule has 0 atom stereocenters. The molecular weight excluding hydrogens is 283 g/mol. The highest BCUT2D eigenvalue weighted by atomic mass is 19.1. The second-order valence-electron chi connectivity index (χ2n) is 4.76. The third-order valence-corrected chi connectivity index (χ3v) is 2.92. The van der Waals surface area contributed by atoms with E-state index in [4.69, 9.17) is 4.74 Å². The van der Waals surface area contributed by atoms with Crippen LogP contribution in [0.1, 0.15) is 13.3 Å². The molecule has 0 saturated carbocycles. The molecule has 22 heavy (non-hydrogen) atoms. The fourth-order valence-corrected chi connectivity index (χ4v) is 1.86. The molecule has 0 fully saturated rings. The Bertz CT molecular complexity index is 632. The minimum absolute atomic E-state index is 0.0811. The SMILES string of the molecule is CCCNC(=O)CNc1ccccc1Oc1cccc(F)c1. The molecule has 0 aromatic heterocycles. The number of halogens is 1. The van der Waals surface area contributed by atoms with Gasteiger partial charge in [0.15, 0.2) is 5.75 Å². The Kier molecular flexibility index (Phi) is 5.77. The van der Waals surface area contributed by atoms with Gasteiger partial charge in [0.1, 0.15) is 11.6 Å². The molecule has 0 spiro atoms. The highest BCUT2D eigenvalue weighted by Gasteiger charge is 2.06. The lowest BCUT2D eigenvalue weighted by molar-refractivity contribution is -0.119. The molecule has 0 heterocycles. The average Bonchev–Trinajstić information content (AvgIpc) is 2.52. The Morgan fingerprint density at radius 1 is 1.18 bits per heavy atom. The number of anilines is 1. The van der Waals surface area contributed by atoms with Gasteiger partial charge in [0.25, 0.3) is 0 Å². The average molecular weight is 302 g/mol. The summed E-state index contributed by atoms with van der Waals surface area (Å²) in [5, 5.41) is 5.81. The lowest BCUT2D eigenvalue weighted by atomic mass is 10.2. The quantitative estimate of drug-likeness (QED) is 0.822. The number of hydrogen-bond donors (Lipinski definition) is 2. The van der Waals surface area contributed by atoms with E-state index in [0.29, 0.717) is 23.7 Å². The Balaban J connectivity index is 2.02. The first-order valence-electron chi connectivity index (χ1n) is 7.22. The van der Waals surface area contributed by atoms with Crippen LogP contribution in [-0.4, -0.2) is 19.0 Å². The van der Waals surface area contributed by atoms with Gasteiger partial charge in [-0.05, 0) is 30.7 Å². The van der Waals surface area contributed by atoms with Crippen molar-refractivity contribution in [2.24, 2.45) is 0 Å². The van der Waals surface area contributed by atoms with Crippen molar-refractivity contribution in [1.82, 2.24) is 5.32 Å². The van der Waals surface area contributed by atoms with Gasteiger partial charge in [0, 0.05) is 12.6 Å². The molecule has 2 N–H and O–H groups in total. The second-order valence-corrected chi connectivity index (χ2v) is 4.76. The predicted octanol–water partition coefficient (Wildman–Crippen LogP) is 3.56. The molecule has 4 nitrogen and oxygen atoms in total. The van der Waals surface area contributed by atoms with E-state index >= 15 is 0 Å². The summed E-state index contributed by atoms with van der Waals surface area (Å²) in [6.07, 6.45) is 0.894. The number of rotatable bonds is 7. The maximum Gasteiger partial charge on any atom is 0.239 e. The third kappa shape index (κ3) is 4.77. The largest absolute Gasteiger partial charge is 0.455 e. The van der Waals surface area contributed by atoms with Gasteiger partial charge in [-0.25, -0.2) is 4.39 Å². The van der Waals surface area contributed by atoms with Crippen LogP contribution in [0.3, 0.4) is 0 Å². The molecule has 0 aliphatic heterocycles. The zero-order valence-electron chi connectivity index (χ0n) is 12.4. The molecule has 0 aliphatic carbocycles. The standard InChI is InChI=1S/C17H19FN2O2/c1-2-10-19-17(21)12-20-15-8-3-4-9-16(15)22-14-7-5-6-13(18)11-14/h3-9,11,20H,2,10,12H2,1H3,(H,19,21). The van der Waals surface area contributed by atoms with Crippen LogP contribution in [0.25, 0.3) is 0 Å². The Morgan fingerprint density at radius 3 is 2.77 bits per heavy atom. The van der Waals surface area contributed by atoms with Crippen LogP contribution < -0.4 is 15.4 Å². The molecule has 0 radical (unpaired) electrons. The van der Waals surface area contributed by atoms with Crippen molar-refractivity contribution in [3.63, 3.8) is 0 Å². The molecule has 0 bridgehead atoms. The molecule has 116 valence electrons. The summed E-state index contributed by atoms with van der Waals surface area (Å²) in [7, 11) is 0. The van der Waals surface area contributed by atoms with Gasteiger partial charge in [-0.3, -0.25) is 4.79 Å². The van der Waals surface area contributed by atoms with Crippen molar-refractivity contribution < 1.29 is 13.9 Å². The third-order valence-electron chi connectivity index (χ3n) is 2.92. The Labute approximate surface area is 129 Å². The number of carbonyl (C=O) groups is 1. The lowest BCUT2D eigenvalue weighted by Gasteiger charge is -2.13. The van der Waals surface area contributed by atoms with Crippen molar-refractivity contribution >= 4 is 11.6 Å².